The van der Waals surface area contributed by atoms with Crippen molar-refractivity contribution in [2.24, 2.45) is 0 Å². The van der Waals surface area contributed by atoms with E-state index in [1.807, 2.05) is 30.5 Å². The van der Waals surface area contributed by atoms with Crippen LogP contribution in [-0.2, 0) is 0 Å². The standard InChI is InChI=1S/C14H12BrFN2OS/c1-7-3-4-13(19-7)8(2)18-12-5-9(15)10(16)6-11(12)17-14(18)20/h3-6,8H,1-2H3,(H,17,20). The summed E-state index contributed by atoms with van der Waals surface area (Å²) in [5, 5.41) is 0. The van der Waals surface area contributed by atoms with Crippen molar-refractivity contribution in [1.29, 1.82) is 0 Å². The van der Waals surface area contributed by atoms with E-state index in [4.69, 9.17) is 16.6 Å². The summed E-state index contributed by atoms with van der Waals surface area (Å²) in [4.78, 5) is 3.03. The van der Waals surface area contributed by atoms with Gasteiger partial charge >= 0.3 is 0 Å². The lowest BCUT2D eigenvalue weighted by Crippen LogP contribution is -2.05. The van der Waals surface area contributed by atoms with E-state index < -0.39 is 0 Å². The van der Waals surface area contributed by atoms with Gasteiger partial charge in [-0.3, -0.25) is 0 Å². The molecule has 0 bridgehead atoms. The van der Waals surface area contributed by atoms with Crippen molar-refractivity contribution in [3.8, 4) is 0 Å². The molecule has 2 aromatic heterocycles. The quantitative estimate of drug-likeness (QED) is 0.648. The lowest BCUT2D eigenvalue weighted by Gasteiger charge is -2.12. The number of imidazole rings is 1. The molecule has 0 saturated heterocycles. The molecule has 1 unspecified atom stereocenters. The van der Waals surface area contributed by atoms with E-state index in [0.717, 1.165) is 17.0 Å². The molecule has 0 amide bonds. The third kappa shape index (κ3) is 2.13. The lowest BCUT2D eigenvalue weighted by molar-refractivity contribution is 0.431. The van der Waals surface area contributed by atoms with Gasteiger partial charge in [-0.1, -0.05) is 0 Å². The molecule has 6 heteroatoms. The Morgan fingerprint density at radius 1 is 1.40 bits per heavy atom. The van der Waals surface area contributed by atoms with Crippen LogP contribution in [-0.4, -0.2) is 9.55 Å². The fourth-order valence-electron chi connectivity index (χ4n) is 2.31. The van der Waals surface area contributed by atoms with Crippen molar-refractivity contribution < 1.29 is 8.81 Å². The Hall–Kier alpha value is -1.40. The summed E-state index contributed by atoms with van der Waals surface area (Å²) in [5.41, 5.74) is 1.51. The number of nitrogens with one attached hydrogen (secondary N) is 1. The first-order chi connectivity index (χ1) is 9.47. The number of hydrogen-bond donors (Lipinski definition) is 1. The van der Waals surface area contributed by atoms with Crippen LogP contribution in [0, 0.1) is 17.5 Å². The Kier molecular flexibility index (Phi) is 3.30. The van der Waals surface area contributed by atoms with Crippen LogP contribution in [0.25, 0.3) is 11.0 Å². The number of nitrogens with zero attached hydrogens (tertiary/aromatic N) is 1. The van der Waals surface area contributed by atoms with E-state index in [1.54, 1.807) is 6.07 Å². The van der Waals surface area contributed by atoms with Crippen molar-refractivity contribution in [2.75, 3.05) is 0 Å². The van der Waals surface area contributed by atoms with E-state index in [0.29, 0.717) is 14.8 Å². The number of hydrogen-bond acceptors (Lipinski definition) is 2. The van der Waals surface area contributed by atoms with Crippen molar-refractivity contribution in [2.45, 2.75) is 19.9 Å². The molecule has 20 heavy (non-hydrogen) atoms. The van der Waals surface area contributed by atoms with E-state index in [1.165, 1.54) is 6.07 Å². The summed E-state index contributed by atoms with van der Waals surface area (Å²) >= 11 is 8.56. The minimum absolute atomic E-state index is 0.0673. The maximum atomic E-state index is 13.6. The molecule has 1 aromatic carbocycles. The second-order valence-corrected chi connectivity index (χ2v) is 5.95. The molecule has 1 atom stereocenters. The van der Waals surface area contributed by atoms with Gasteiger partial charge in [-0.15, -0.1) is 0 Å². The van der Waals surface area contributed by atoms with Crippen molar-refractivity contribution in [1.82, 2.24) is 9.55 Å². The first-order valence-electron chi connectivity index (χ1n) is 6.13. The molecule has 0 radical (unpaired) electrons. The van der Waals surface area contributed by atoms with Crippen LogP contribution in [0.2, 0.25) is 0 Å². The number of halogens is 2. The molecular formula is C14H12BrFN2OS. The summed E-state index contributed by atoms with van der Waals surface area (Å²) in [6.07, 6.45) is 0. The van der Waals surface area contributed by atoms with Gasteiger partial charge in [-0.25, -0.2) is 4.39 Å². The van der Waals surface area contributed by atoms with Crippen LogP contribution >= 0.6 is 28.1 Å². The zero-order chi connectivity index (χ0) is 14.4. The van der Waals surface area contributed by atoms with E-state index in [2.05, 4.69) is 20.9 Å². The SMILES string of the molecule is Cc1ccc(C(C)n2c(=S)[nH]c3cc(F)c(Br)cc32)o1. The minimum atomic E-state index is -0.317. The van der Waals surface area contributed by atoms with Crippen LogP contribution in [0.15, 0.2) is 33.2 Å². The Morgan fingerprint density at radius 3 is 2.80 bits per heavy atom. The van der Waals surface area contributed by atoms with Gasteiger partial charge in [0.1, 0.15) is 17.3 Å². The van der Waals surface area contributed by atoms with Gasteiger partial charge in [0.2, 0.25) is 0 Å². The largest absolute Gasteiger partial charge is 0.464 e. The molecule has 3 nitrogen and oxygen atoms in total. The van der Waals surface area contributed by atoms with E-state index in [9.17, 15) is 4.39 Å². The number of aryl methyl sites for hydroxylation is 1. The Bertz CT molecular complexity index is 849. The Balaban J connectivity index is 2.23. The van der Waals surface area contributed by atoms with Crippen molar-refractivity contribution in [3.63, 3.8) is 0 Å². The number of aromatic nitrogens is 2. The summed E-state index contributed by atoms with van der Waals surface area (Å²) < 4.78 is 22.1. The zero-order valence-corrected chi connectivity index (χ0v) is 13.3. The molecule has 104 valence electrons. The number of fused-ring (bicyclic) bond motifs is 1. The van der Waals surface area contributed by atoms with Crippen LogP contribution in [0.1, 0.15) is 24.5 Å². The maximum absolute atomic E-state index is 13.6. The topological polar surface area (TPSA) is 33.9 Å². The van der Waals surface area contributed by atoms with Crippen LogP contribution in [0.3, 0.4) is 0 Å². The Labute approximate surface area is 128 Å². The van der Waals surface area contributed by atoms with Gasteiger partial charge in [0, 0.05) is 6.07 Å². The smallest absolute Gasteiger partial charge is 0.178 e. The monoisotopic (exact) mass is 354 g/mol. The zero-order valence-electron chi connectivity index (χ0n) is 10.9. The molecule has 3 rings (SSSR count). The molecular weight excluding hydrogens is 343 g/mol. The Morgan fingerprint density at radius 2 is 2.15 bits per heavy atom. The first kappa shape index (κ1) is 13.6. The van der Waals surface area contributed by atoms with Crippen LogP contribution in [0.5, 0.6) is 0 Å². The summed E-state index contributed by atoms with van der Waals surface area (Å²) in [5.74, 6) is 1.35. The molecule has 0 spiro atoms. The number of H-pyrrole nitrogens is 1. The fraction of sp³-hybridized carbons (Fsp3) is 0.214. The molecule has 1 N–H and O–H groups in total. The van der Waals surface area contributed by atoms with Gasteiger partial charge in [0.25, 0.3) is 0 Å². The highest BCUT2D eigenvalue weighted by Gasteiger charge is 2.17. The predicted octanol–water partition coefficient (Wildman–Crippen LogP) is 5.11. The highest BCUT2D eigenvalue weighted by atomic mass is 79.9. The number of benzene rings is 1. The van der Waals surface area contributed by atoms with Crippen molar-refractivity contribution in [3.05, 3.63) is 50.8 Å². The normalized spacial score (nSPS) is 13.0. The average molecular weight is 355 g/mol. The van der Waals surface area contributed by atoms with Crippen LogP contribution < -0.4 is 0 Å². The van der Waals surface area contributed by atoms with E-state index in [-0.39, 0.29) is 11.9 Å². The second-order valence-electron chi connectivity index (χ2n) is 4.71. The van der Waals surface area contributed by atoms with Gasteiger partial charge in [0.05, 0.1) is 21.5 Å². The van der Waals surface area contributed by atoms with Gasteiger partial charge < -0.3 is 14.0 Å². The summed E-state index contributed by atoms with van der Waals surface area (Å²) in [6.45, 7) is 3.90. The average Bonchev–Trinajstić information content (AvgIpc) is 2.93. The summed E-state index contributed by atoms with van der Waals surface area (Å²) in [7, 11) is 0. The van der Waals surface area contributed by atoms with Crippen molar-refractivity contribution >= 4 is 39.2 Å². The van der Waals surface area contributed by atoms with Gasteiger partial charge in [-0.05, 0) is 60.2 Å². The number of rotatable bonds is 2. The lowest BCUT2D eigenvalue weighted by atomic mass is 10.2. The molecule has 0 aliphatic rings. The van der Waals surface area contributed by atoms with Crippen LogP contribution in [0.4, 0.5) is 4.39 Å². The van der Waals surface area contributed by atoms with Gasteiger partial charge in [-0.2, -0.15) is 0 Å². The predicted molar refractivity (Wildman–Crippen MR) is 82.0 cm³/mol. The first-order valence-corrected chi connectivity index (χ1v) is 7.33. The molecule has 0 aliphatic heterocycles. The molecule has 0 saturated carbocycles. The third-order valence-electron chi connectivity index (χ3n) is 3.32. The van der Waals surface area contributed by atoms with Gasteiger partial charge in [0.15, 0.2) is 4.77 Å². The molecule has 3 aromatic rings. The molecule has 0 aliphatic carbocycles. The molecule has 2 heterocycles. The third-order valence-corrected chi connectivity index (χ3v) is 4.23. The fourth-order valence-corrected chi connectivity index (χ4v) is 3.01. The highest BCUT2D eigenvalue weighted by Crippen LogP contribution is 2.28. The second kappa shape index (κ2) is 4.86. The molecule has 0 fully saturated rings. The highest BCUT2D eigenvalue weighted by molar-refractivity contribution is 9.10. The minimum Gasteiger partial charge on any atom is -0.464 e. The number of aromatic amines is 1. The van der Waals surface area contributed by atoms with E-state index >= 15 is 0 Å². The number of furan rings is 1. The summed E-state index contributed by atoms with van der Waals surface area (Å²) in [6, 6.07) is 6.94. The maximum Gasteiger partial charge on any atom is 0.178 e.